The molecule has 90 valence electrons. The number of thioether (sulfide) groups is 1. The smallest absolute Gasteiger partial charge is 0.339 e. The molecule has 3 atom stereocenters. The highest BCUT2D eigenvalue weighted by Gasteiger charge is 2.56. The van der Waals surface area contributed by atoms with Crippen molar-refractivity contribution in [2.45, 2.75) is 29.6 Å². The van der Waals surface area contributed by atoms with Crippen molar-refractivity contribution in [1.29, 1.82) is 0 Å². The molecule has 0 aromatic rings. The molecule has 2 fully saturated rings. The summed E-state index contributed by atoms with van der Waals surface area (Å²) in [7, 11) is 0. The Morgan fingerprint density at radius 2 is 2.50 bits per heavy atom. The van der Waals surface area contributed by atoms with E-state index in [2.05, 4.69) is 0 Å². The Balaban J connectivity index is 2.22. The Morgan fingerprint density at radius 1 is 1.81 bits per heavy atom. The van der Waals surface area contributed by atoms with Gasteiger partial charge in [-0.25, -0.2) is 4.79 Å². The fraction of sp³-hybridized carbons (Fsp3) is 0.778. The average Bonchev–Trinajstić information content (AvgIpc) is 2.21. The van der Waals surface area contributed by atoms with Crippen LogP contribution in [0.3, 0.4) is 0 Å². The molecule has 2 unspecified atom stereocenters. The van der Waals surface area contributed by atoms with Crippen molar-refractivity contribution < 1.29 is 19.4 Å². The number of aliphatic carboxylic acids is 1. The second kappa shape index (κ2) is 3.90. The van der Waals surface area contributed by atoms with Gasteiger partial charge >= 0.3 is 5.97 Å². The number of carboxylic acid groups (broad SMARTS) is 1. The number of amides is 1. The van der Waals surface area contributed by atoms with Crippen molar-refractivity contribution in [1.82, 2.24) is 4.90 Å². The Hall–Kier alpha value is -0.790. The molecule has 0 aromatic heterocycles. The first kappa shape index (κ1) is 11.7. The van der Waals surface area contributed by atoms with Gasteiger partial charge in [0.25, 0.3) is 0 Å². The van der Waals surface area contributed by atoms with Gasteiger partial charge in [0.15, 0.2) is 5.60 Å². The molecule has 7 heteroatoms. The van der Waals surface area contributed by atoms with E-state index in [1.807, 2.05) is 0 Å². The Bertz CT molecular complexity index is 337. The van der Waals surface area contributed by atoms with Gasteiger partial charge in [0.2, 0.25) is 5.91 Å². The number of carbonyl (C=O) groups is 2. The third kappa shape index (κ3) is 1.50. The summed E-state index contributed by atoms with van der Waals surface area (Å²) in [6.07, 6.45) is 0.493. The number of β-lactam (4-membered cyclic amide) rings is 1. The number of ether oxygens (including phenoxy) is 1. The van der Waals surface area contributed by atoms with Crippen LogP contribution in [0.1, 0.15) is 13.3 Å². The molecule has 2 rings (SSSR count). The van der Waals surface area contributed by atoms with Crippen LogP contribution in [0.15, 0.2) is 0 Å². The first-order valence-corrected chi connectivity index (χ1v) is 5.98. The Kier molecular flexibility index (Phi) is 2.85. The summed E-state index contributed by atoms with van der Waals surface area (Å²) in [6, 6.07) is 0. The minimum Gasteiger partial charge on any atom is -0.479 e. The summed E-state index contributed by atoms with van der Waals surface area (Å²) in [6.45, 7) is 1.73. The van der Waals surface area contributed by atoms with Crippen molar-refractivity contribution in [2.75, 3.05) is 13.3 Å². The number of nitrogens with two attached hydrogens (primary N) is 1. The number of carbonyl (C=O) groups excluding carboxylic acids is 1. The lowest BCUT2D eigenvalue weighted by molar-refractivity contribution is -0.175. The van der Waals surface area contributed by atoms with Crippen LogP contribution in [0.2, 0.25) is 0 Å². The van der Waals surface area contributed by atoms with Crippen LogP contribution in [-0.4, -0.2) is 51.4 Å². The van der Waals surface area contributed by atoms with Crippen LogP contribution in [0, 0.1) is 0 Å². The number of rotatable bonds is 3. The van der Waals surface area contributed by atoms with Crippen LogP contribution in [0.5, 0.6) is 0 Å². The number of nitrogens with zero attached hydrogens (tertiary/aromatic N) is 1. The van der Waals surface area contributed by atoms with Gasteiger partial charge in [-0.05, 0) is 6.92 Å². The molecular weight excluding hydrogens is 232 g/mol. The third-order valence-corrected chi connectivity index (χ3v) is 4.67. The topological polar surface area (TPSA) is 92.9 Å². The minimum atomic E-state index is -1.37. The first-order valence-electron chi connectivity index (χ1n) is 5.03. The van der Waals surface area contributed by atoms with Crippen molar-refractivity contribution >= 4 is 23.6 Å². The van der Waals surface area contributed by atoms with Crippen LogP contribution in [0.25, 0.3) is 0 Å². The first-order chi connectivity index (χ1) is 7.51. The van der Waals surface area contributed by atoms with Gasteiger partial charge in [0, 0.05) is 5.25 Å². The van der Waals surface area contributed by atoms with E-state index in [0.717, 1.165) is 0 Å². The fourth-order valence-electron chi connectivity index (χ4n) is 2.08. The second-order valence-corrected chi connectivity index (χ2v) is 5.49. The van der Waals surface area contributed by atoms with E-state index in [4.69, 9.17) is 10.5 Å². The van der Waals surface area contributed by atoms with Gasteiger partial charge in [0.1, 0.15) is 0 Å². The third-order valence-electron chi connectivity index (χ3n) is 3.14. The molecule has 1 amide bonds. The van der Waals surface area contributed by atoms with Crippen molar-refractivity contribution in [2.24, 2.45) is 5.73 Å². The molecule has 0 spiro atoms. The SMILES string of the molecule is CC1S[C@@H]2CC(=O)N2CC1(OCN)C(=O)O. The van der Waals surface area contributed by atoms with Gasteiger partial charge < -0.3 is 20.5 Å². The molecule has 16 heavy (non-hydrogen) atoms. The van der Waals surface area contributed by atoms with Crippen LogP contribution < -0.4 is 5.73 Å². The second-order valence-electron chi connectivity index (χ2n) is 3.96. The highest BCUT2D eigenvalue weighted by Crippen LogP contribution is 2.44. The highest BCUT2D eigenvalue weighted by molar-refractivity contribution is 8.00. The van der Waals surface area contributed by atoms with E-state index in [1.54, 1.807) is 11.8 Å². The van der Waals surface area contributed by atoms with E-state index in [9.17, 15) is 14.7 Å². The lowest BCUT2D eigenvalue weighted by atomic mass is 9.96. The minimum absolute atomic E-state index is 0.0179. The zero-order chi connectivity index (χ0) is 11.9. The molecule has 0 aromatic carbocycles. The summed E-state index contributed by atoms with van der Waals surface area (Å²) < 4.78 is 5.21. The van der Waals surface area contributed by atoms with Gasteiger partial charge in [0.05, 0.1) is 25.1 Å². The lowest BCUT2D eigenvalue weighted by Gasteiger charge is -2.52. The Morgan fingerprint density at radius 3 is 3.00 bits per heavy atom. The molecule has 0 aliphatic carbocycles. The summed E-state index contributed by atoms with van der Waals surface area (Å²) in [5.74, 6) is -1.08. The largest absolute Gasteiger partial charge is 0.479 e. The molecular formula is C9H14N2O4S. The molecule has 3 N–H and O–H groups in total. The molecule has 6 nitrogen and oxygen atoms in total. The molecule has 0 bridgehead atoms. The zero-order valence-corrected chi connectivity index (χ0v) is 9.70. The van der Waals surface area contributed by atoms with Crippen LogP contribution in [-0.2, 0) is 14.3 Å². The number of fused-ring (bicyclic) bond motifs is 1. The van der Waals surface area contributed by atoms with E-state index in [0.29, 0.717) is 6.42 Å². The predicted molar refractivity (Wildman–Crippen MR) is 57.7 cm³/mol. The lowest BCUT2D eigenvalue weighted by Crippen LogP contribution is -2.68. The molecule has 2 aliphatic heterocycles. The highest BCUT2D eigenvalue weighted by atomic mass is 32.2. The maximum absolute atomic E-state index is 11.3. The summed E-state index contributed by atoms with van der Waals surface area (Å²) in [5, 5.41) is 9.16. The number of carboxylic acids is 1. The fourth-order valence-corrected chi connectivity index (χ4v) is 3.59. The molecule has 2 heterocycles. The molecule has 2 saturated heterocycles. The average molecular weight is 246 g/mol. The van der Waals surface area contributed by atoms with Gasteiger partial charge in [-0.15, -0.1) is 11.8 Å². The summed E-state index contributed by atoms with van der Waals surface area (Å²) in [4.78, 5) is 24.2. The maximum Gasteiger partial charge on any atom is 0.339 e. The molecule has 0 radical (unpaired) electrons. The van der Waals surface area contributed by atoms with Crippen molar-refractivity contribution in [3.63, 3.8) is 0 Å². The number of hydrogen-bond acceptors (Lipinski definition) is 5. The van der Waals surface area contributed by atoms with Crippen LogP contribution >= 0.6 is 11.8 Å². The van der Waals surface area contributed by atoms with Crippen molar-refractivity contribution in [3.05, 3.63) is 0 Å². The summed E-state index contributed by atoms with van der Waals surface area (Å²) in [5.41, 5.74) is 3.91. The molecule has 0 saturated carbocycles. The normalized spacial score (nSPS) is 37.9. The monoisotopic (exact) mass is 246 g/mol. The maximum atomic E-state index is 11.3. The Labute approximate surface area is 97.1 Å². The standard InChI is InChI=1S/C9H14N2O4S/c1-5-9(8(13)14,15-4-10)3-11-6(12)2-7(11)16-5/h5,7H,2-4,10H2,1H3,(H,13,14)/t5?,7-,9?/m1/s1. The summed E-state index contributed by atoms with van der Waals surface area (Å²) >= 11 is 1.46. The van der Waals surface area contributed by atoms with Gasteiger partial charge in [-0.1, -0.05) is 0 Å². The molecule has 2 aliphatic rings. The van der Waals surface area contributed by atoms with E-state index in [-0.39, 0.29) is 29.8 Å². The zero-order valence-electron chi connectivity index (χ0n) is 8.88. The quantitative estimate of drug-likeness (QED) is 0.512. The predicted octanol–water partition coefficient (Wildman–Crippen LogP) is -0.564. The van der Waals surface area contributed by atoms with Gasteiger partial charge in [-0.2, -0.15) is 0 Å². The van der Waals surface area contributed by atoms with Crippen molar-refractivity contribution in [3.8, 4) is 0 Å². The van der Waals surface area contributed by atoms with E-state index < -0.39 is 11.6 Å². The number of hydrogen-bond donors (Lipinski definition) is 2. The van der Waals surface area contributed by atoms with Crippen LogP contribution in [0.4, 0.5) is 0 Å². The van der Waals surface area contributed by atoms with Gasteiger partial charge in [-0.3, -0.25) is 4.79 Å². The van der Waals surface area contributed by atoms with E-state index in [1.165, 1.54) is 11.8 Å². The van der Waals surface area contributed by atoms with E-state index >= 15 is 0 Å².